The number of fused-ring (bicyclic) bond motifs is 1. The van der Waals surface area contributed by atoms with Crippen molar-refractivity contribution in [1.29, 1.82) is 0 Å². The van der Waals surface area contributed by atoms with Crippen LogP contribution in [0.25, 0.3) is 0 Å². The molecule has 0 bridgehead atoms. The number of amides is 2. The largest absolute Gasteiger partial charge is 0.329 e. The van der Waals surface area contributed by atoms with E-state index >= 15 is 0 Å². The summed E-state index contributed by atoms with van der Waals surface area (Å²) in [4.78, 5) is 29.0. The van der Waals surface area contributed by atoms with Crippen molar-refractivity contribution in [1.82, 2.24) is 9.80 Å². The van der Waals surface area contributed by atoms with Crippen LogP contribution < -0.4 is 0 Å². The summed E-state index contributed by atoms with van der Waals surface area (Å²) in [6.07, 6.45) is 1.78. The van der Waals surface area contributed by atoms with Crippen LogP contribution in [0, 0.1) is 11.3 Å². The normalized spacial score (nSPS) is 28.3. The summed E-state index contributed by atoms with van der Waals surface area (Å²) in [5.74, 6) is 0.479. The van der Waals surface area contributed by atoms with E-state index in [2.05, 4.69) is 20.8 Å². The van der Waals surface area contributed by atoms with Crippen LogP contribution in [0.2, 0.25) is 0 Å². The zero-order chi connectivity index (χ0) is 14.4. The van der Waals surface area contributed by atoms with E-state index < -0.39 is 0 Å². The second kappa shape index (κ2) is 4.80. The van der Waals surface area contributed by atoms with Crippen molar-refractivity contribution in [3.05, 3.63) is 0 Å². The van der Waals surface area contributed by atoms with Gasteiger partial charge in [-0.3, -0.25) is 9.59 Å². The topological polar surface area (TPSA) is 40.6 Å². The van der Waals surface area contributed by atoms with E-state index in [9.17, 15) is 9.59 Å². The molecular weight excluding hydrogens is 240 g/mol. The Hall–Kier alpha value is -1.06. The summed E-state index contributed by atoms with van der Waals surface area (Å²) in [5.41, 5.74) is 0.0177. The number of carbonyl (C=O) groups excluding carboxylic acids is 2. The molecule has 0 aromatic heterocycles. The maximum absolute atomic E-state index is 12.7. The molecule has 2 fully saturated rings. The van der Waals surface area contributed by atoms with Gasteiger partial charge in [0.1, 0.15) is 12.1 Å². The Kier molecular flexibility index (Phi) is 3.63. The summed E-state index contributed by atoms with van der Waals surface area (Å²) >= 11 is 0. The smallest absolute Gasteiger partial charge is 0.246 e. The molecule has 2 aliphatic rings. The molecule has 0 N–H and O–H groups in total. The van der Waals surface area contributed by atoms with Crippen LogP contribution in [-0.4, -0.2) is 46.8 Å². The van der Waals surface area contributed by atoms with E-state index in [-0.39, 0.29) is 35.2 Å². The molecule has 0 saturated carbocycles. The highest BCUT2D eigenvalue weighted by atomic mass is 16.2. The number of hydrogen-bond donors (Lipinski definition) is 0. The molecule has 2 atom stereocenters. The molecule has 2 unspecified atom stereocenters. The number of rotatable bonds is 2. The molecule has 0 aromatic carbocycles. The highest BCUT2D eigenvalue weighted by molar-refractivity contribution is 5.97. The second-order valence-corrected chi connectivity index (χ2v) is 7.41. The quantitative estimate of drug-likeness (QED) is 0.766. The average Bonchev–Trinajstić information content (AvgIpc) is 2.72. The summed E-state index contributed by atoms with van der Waals surface area (Å²) in [6, 6.07) is -0.467. The lowest BCUT2D eigenvalue weighted by Crippen LogP contribution is -2.65. The van der Waals surface area contributed by atoms with Crippen LogP contribution in [0.3, 0.4) is 0 Å². The van der Waals surface area contributed by atoms with Crippen molar-refractivity contribution in [3.63, 3.8) is 0 Å². The van der Waals surface area contributed by atoms with Crippen molar-refractivity contribution in [2.75, 3.05) is 13.1 Å². The molecule has 2 heterocycles. The van der Waals surface area contributed by atoms with Crippen LogP contribution in [-0.2, 0) is 9.59 Å². The number of piperazine rings is 1. The van der Waals surface area contributed by atoms with Crippen LogP contribution in [0.1, 0.15) is 47.5 Å². The second-order valence-electron chi connectivity index (χ2n) is 7.41. The first-order valence-corrected chi connectivity index (χ1v) is 7.33. The highest BCUT2D eigenvalue weighted by Crippen LogP contribution is 2.31. The Balaban J connectivity index is 2.31. The molecule has 0 spiro atoms. The molecule has 2 saturated heterocycles. The van der Waals surface area contributed by atoms with E-state index in [0.717, 1.165) is 19.4 Å². The SMILES string of the molecule is CC(C)C1C(=O)N2CCCC2C(=O)N1CC(C)(C)C. The Labute approximate surface area is 116 Å². The number of hydrogen-bond acceptors (Lipinski definition) is 2. The molecule has 4 nitrogen and oxygen atoms in total. The van der Waals surface area contributed by atoms with Crippen LogP contribution in [0.15, 0.2) is 0 Å². The van der Waals surface area contributed by atoms with E-state index in [0.29, 0.717) is 6.54 Å². The van der Waals surface area contributed by atoms with E-state index in [1.54, 1.807) is 0 Å². The van der Waals surface area contributed by atoms with E-state index in [4.69, 9.17) is 0 Å². The van der Waals surface area contributed by atoms with Gasteiger partial charge in [0.2, 0.25) is 11.8 Å². The molecule has 0 aromatic rings. The van der Waals surface area contributed by atoms with Gasteiger partial charge in [0.25, 0.3) is 0 Å². The van der Waals surface area contributed by atoms with Crippen molar-refractivity contribution >= 4 is 11.8 Å². The Morgan fingerprint density at radius 3 is 2.37 bits per heavy atom. The third kappa shape index (κ3) is 2.63. The monoisotopic (exact) mass is 266 g/mol. The minimum Gasteiger partial charge on any atom is -0.329 e. The molecule has 0 aliphatic carbocycles. The first kappa shape index (κ1) is 14.4. The minimum atomic E-state index is -0.277. The van der Waals surface area contributed by atoms with Gasteiger partial charge in [-0.15, -0.1) is 0 Å². The molecule has 19 heavy (non-hydrogen) atoms. The summed E-state index contributed by atoms with van der Waals surface area (Å²) in [6.45, 7) is 11.8. The fraction of sp³-hybridized carbons (Fsp3) is 0.867. The standard InChI is InChI=1S/C15H26N2O2/c1-10(2)12-14(19)16-8-6-7-11(16)13(18)17(12)9-15(3,4)5/h10-12H,6-9H2,1-5H3. The zero-order valence-electron chi connectivity index (χ0n) is 12.8. The highest BCUT2D eigenvalue weighted by Gasteiger charge is 2.49. The molecular formula is C15H26N2O2. The number of carbonyl (C=O) groups is 2. The first-order valence-electron chi connectivity index (χ1n) is 7.33. The number of nitrogens with zero attached hydrogens (tertiary/aromatic N) is 2. The zero-order valence-corrected chi connectivity index (χ0v) is 12.8. The fourth-order valence-corrected chi connectivity index (χ4v) is 3.25. The van der Waals surface area contributed by atoms with Gasteiger partial charge in [0, 0.05) is 13.1 Å². The maximum Gasteiger partial charge on any atom is 0.246 e. The fourth-order valence-electron chi connectivity index (χ4n) is 3.25. The summed E-state index contributed by atoms with van der Waals surface area (Å²) in [5, 5.41) is 0. The first-order chi connectivity index (χ1) is 8.72. The minimum absolute atomic E-state index is 0.0177. The van der Waals surface area contributed by atoms with Gasteiger partial charge in [0.05, 0.1) is 0 Å². The molecule has 4 heteroatoms. The van der Waals surface area contributed by atoms with Gasteiger partial charge >= 0.3 is 0 Å². The van der Waals surface area contributed by atoms with Crippen LogP contribution >= 0.6 is 0 Å². The molecule has 2 amide bonds. The molecule has 2 aliphatic heterocycles. The summed E-state index contributed by atoms with van der Waals surface area (Å²) < 4.78 is 0. The maximum atomic E-state index is 12.7. The predicted molar refractivity (Wildman–Crippen MR) is 74.5 cm³/mol. The van der Waals surface area contributed by atoms with Gasteiger partial charge in [-0.2, -0.15) is 0 Å². The van der Waals surface area contributed by atoms with Crippen molar-refractivity contribution in [2.45, 2.75) is 59.5 Å². The van der Waals surface area contributed by atoms with Crippen molar-refractivity contribution in [2.24, 2.45) is 11.3 Å². The third-order valence-corrected chi connectivity index (χ3v) is 3.97. The molecule has 108 valence electrons. The van der Waals surface area contributed by atoms with Gasteiger partial charge in [0.15, 0.2) is 0 Å². The predicted octanol–water partition coefficient (Wildman–Crippen LogP) is 1.89. The third-order valence-electron chi connectivity index (χ3n) is 3.97. The molecule has 0 radical (unpaired) electrons. The van der Waals surface area contributed by atoms with Gasteiger partial charge < -0.3 is 9.80 Å². The lowest BCUT2D eigenvalue weighted by atomic mass is 9.90. The van der Waals surface area contributed by atoms with Gasteiger partial charge in [-0.1, -0.05) is 34.6 Å². The Bertz CT molecular complexity index is 384. The van der Waals surface area contributed by atoms with E-state index in [1.807, 2.05) is 23.6 Å². The lowest BCUT2D eigenvalue weighted by Gasteiger charge is -2.46. The van der Waals surface area contributed by atoms with Crippen molar-refractivity contribution < 1.29 is 9.59 Å². The Morgan fingerprint density at radius 2 is 1.84 bits per heavy atom. The van der Waals surface area contributed by atoms with Crippen LogP contribution in [0.5, 0.6) is 0 Å². The van der Waals surface area contributed by atoms with Gasteiger partial charge in [-0.05, 0) is 24.2 Å². The van der Waals surface area contributed by atoms with Crippen LogP contribution in [0.4, 0.5) is 0 Å². The van der Waals surface area contributed by atoms with Crippen molar-refractivity contribution in [3.8, 4) is 0 Å². The van der Waals surface area contributed by atoms with Gasteiger partial charge in [-0.25, -0.2) is 0 Å². The Morgan fingerprint density at radius 1 is 1.21 bits per heavy atom. The molecule has 2 rings (SSSR count). The summed E-state index contributed by atoms with van der Waals surface area (Å²) in [7, 11) is 0. The van der Waals surface area contributed by atoms with E-state index in [1.165, 1.54) is 0 Å². The average molecular weight is 266 g/mol. The lowest BCUT2D eigenvalue weighted by molar-refractivity contribution is -0.162.